The summed E-state index contributed by atoms with van der Waals surface area (Å²) in [6.07, 6.45) is 0. The van der Waals surface area contributed by atoms with Gasteiger partial charge in [-0.05, 0) is 25.5 Å². The zero-order valence-corrected chi connectivity index (χ0v) is 10.3. The summed E-state index contributed by atoms with van der Waals surface area (Å²) in [4.78, 5) is 0. The maximum absolute atomic E-state index is 13.7. The molecule has 2 rings (SSSR count). The lowest BCUT2D eigenvalue weighted by atomic mass is 9.98. The van der Waals surface area contributed by atoms with Gasteiger partial charge in [-0.2, -0.15) is 0 Å². The Morgan fingerprint density at radius 3 is 2.53 bits per heavy atom. The van der Waals surface area contributed by atoms with Crippen molar-refractivity contribution in [1.29, 1.82) is 0 Å². The number of anilines is 1. The summed E-state index contributed by atoms with van der Waals surface area (Å²) in [6, 6.07) is 6.53. The molecule has 1 aromatic heterocycles. The number of benzene rings is 1. The summed E-state index contributed by atoms with van der Waals surface area (Å²) in [5, 5.41) is 4.18. The fraction of sp³-hybridized carbons (Fsp3) is 0.250. The fourth-order valence-electron chi connectivity index (χ4n) is 1.51. The Balaban J connectivity index is 2.45. The highest BCUT2D eigenvalue weighted by Gasteiger charge is 2.20. The van der Waals surface area contributed by atoms with Crippen molar-refractivity contribution in [2.45, 2.75) is 19.5 Å². The third-order valence-corrected chi connectivity index (χ3v) is 2.77. The van der Waals surface area contributed by atoms with E-state index in [1.54, 1.807) is 24.3 Å². The molecule has 0 amide bonds. The molecule has 0 aliphatic carbocycles. The van der Waals surface area contributed by atoms with E-state index in [4.69, 9.17) is 21.9 Å². The number of hydrogen-bond donors (Lipinski definition) is 1. The maximum Gasteiger partial charge on any atom is 0.222 e. The van der Waals surface area contributed by atoms with E-state index in [2.05, 4.69) is 5.16 Å². The van der Waals surface area contributed by atoms with E-state index in [9.17, 15) is 4.39 Å². The Labute approximate surface area is 103 Å². The van der Waals surface area contributed by atoms with Crippen LogP contribution in [0.15, 0.2) is 28.8 Å². The number of nitrogen functional groups attached to an aromatic ring is 1. The molecular weight excluding hydrogens is 243 g/mol. The van der Waals surface area contributed by atoms with Gasteiger partial charge in [0.2, 0.25) is 5.88 Å². The van der Waals surface area contributed by atoms with Crippen LogP contribution in [-0.2, 0) is 5.67 Å². The summed E-state index contributed by atoms with van der Waals surface area (Å²) in [6.45, 7) is 2.96. The maximum atomic E-state index is 13.7. The van der Waals surface area contributed by atoms with Gasteiger partial charge in [0.1, 0.15) is 11.4 Å². The predicted molar refractivity (Wildman–Crippen MR) is 65.5 cm³/mol. The molecule has 0 bridgehead atoms. The van der Waals surface area contributed by atoms with Crippen LogP contribution in [0.5, 0.6) is 0 Å². The largest absolute Gasteiger partial charge is 0.368 e. The molecule has 0 saturated heterocycles. The second-order valence-corrected chi connectivity index (χ2v) is 4.69. The molecule has 0 atom stereocenters. The highest BCUT2D eigenvalue weighted by atomic mass is 35.5. The number of halogens is 2. The highest BCUT2D eigenvalue weighted by molar-refractivity contribution is 6.33. The lowest BCUT2D eigenvalue weighted by Gasteiger charge is -2.15. The summed E-state index contributed by atoms with van der Waals surface area (Å²) < 4.78 is 18.5. The van der Waals surface area contributed by atoms with Gasteiger partial charge in [-0.3, -0.25) is 0 Å². The van der Waals surface area contributed by atoms with Gasteiger partial charge in [-0.15, -0.1) is 0 Å². The molecule has 0 fully saturated rings. The van der Waals surface area contributed by atoms with Crippen LogP contribution in [0, 0.1) is 0 Å². The molecule has 0 unspecified atom stereocenters. The van der Waals surface area contributed by atoms with Crippen LogP contribution in [0.1, 0.15) is 19.4 Å². The molecule has 3 nitrogen and oxygen atoms in total. The third-order valence-electron chi connectivity index (χ3n) is 2.46. The molecule has 1 aromatic carbocycles. The van der Waals surface area contributed by atoms with Crippen molar-refractivity contribution in [2.24, 2.45) is 0 Å². The second-order valence-electron chi connectivity index (χ2n) is 4.28. The van der Waals surface area contributed by atoms with Crippen LogP contribution in [0.4, 0.5) is 10.3 Å². The van der Waals surface area contributed by atoms with Gasteiger partial charge in [0, 0.05) is 11.6 Å². The van der Waals surface area contributed by atoms with E-state index in [0.717, 1.165) is 0 Å². The molecule has 0 radical (unpaired) electrons. The van der Waals surface area contributed by atoms with Gasteiger partial charge < -0.3 is 10.3 Å². The number of alkyl halides is 1. The smallest absolute Gasteiger partial charge is 0.222 e. The lowest BCUT2D eigenvalue weighted by Crippen LogP contribution is -2.08. The summed E-state index contributed by atoms with van der Waals surface area (Å²) in [5.74, 6) is 0.214. The molecule has 90 valence electrons. The molecule has 2 aromatic rings. The average molecular weight is 255 g/mol. The standard InChI is InChI=1S/C12H12ClFN2O/c1-12(2,14)7-3-4-8(9(13)5-7)10-6-11(15)17-16-10/h3-6H,15H2,1-2H3. The van der Waals surface area contributed by atoms with Crippen LogP contribution in [0.25, 0.3) is 11.3 Å². The van der Waals surface area contributed by atoms with E-state index in [1.165, 1.54) is 13.8 Å². The Morgan fingerprint density at radius 2 is 2.06 bits per heavy atom. The minimum Gasteiger partial charge on any atom is -0.368 e. The molecule has 2 N–H and O–H groups in total. The first-order valence-corrected chi connectivity index (χ1v) is 5.47. The number of aromatic nitrogens is 1. The van der Waals surface area contributed by atoms with E-state index < -0.39 is 5.67 Å². The quantitative estimate of drug-likeness (QED) is 0.887. The van der Waals surface area contributed by atoms with E-state index in [-0.39, 0.29) is 5.88 Å². The van der Waals surface area contributed by atoms with Crippen LogP contribution in [0.2, 0.25) is 5.02 Å². The Kier molecular flexibility index (Phi) is 2.83. The van der Waals surface area contributed by atoms with Gasteiger partial charge >= 0.3 is 0 Å². The molecule has 0 spiro atoms. The van der Waals surface area contributed by atoms with Crippen LogP contribution >= 0.6 is 11.6 Å². The van der Waals surface area contributed by atoms with Crippen molar-refractivity contribution in [3.63, 3.8) is 0 Å². The number of nitrogens with zero attached hydrogens (tertiary/aromatic N) is 1. The molecule has 5 heteroatoms. The molecule has 0 saturated carbocycles. The summed E-state index contributed by atoms with van der Waals surface area (Å²) >= 11 is 6.09. The van der Waals surface area contributed by atoms with Crippen molar-refractivity contribution < 1.29 is 8.91 Å². The van der Waals surface area contributed by atoms with Crippen molar-refractivity contribution in [1.82, 2.24) is 5.16 Å². The Hall–Kier alpha value is -1.55. The van der Waals surface area contributed by atoms with E-state index in [1.807, 2.05) is 0 Å². The van der Waals surface area contributed by atoms with Crippen LogP contribution in [-0.4, -0.2) is 5.16 Å². The van der Waals surface area contributed by atoms with Crippen molar-refractivity contribution in [3.8, 4) is 11.3 Å². The first kappa shape index (κ1) is 11.9. The monoisotopic (exact) mass is 254 g/mol. The highest BCUT2D eigenvalue weighted by Crippen LogP contribution is 2.33. The lowest BCUT2D eigenvalue weighted by molar-refractivity contribution is 0.221. The SMILES string of the molecule is CC(C)(F)c1ccc(-c2cc(N)on2)c(Cl)c1. The number of rotatable bonds is 2. The first-order valence-electron chi connectivity index (χ1n) is 5.09. The Morgan fingerprint density at radius 1 is 1.35 bits per heavy atom. The molecule has 0 aliphatic rings. The summed E-state index contributed by atoms with van der Waals surface area (Å²) in [7, 11) is 0. The normalized spacial score (nSPS) is 11.8. The van der Waals surface area contributed by atoms with Gasteiger partial charge in [0.05, 0.1) is 5.02 Å². The van der Waals surface area contributed by atoms with Gasteiger partial charge in [0.25, 0.3) is 0 Å². The summed E-state index contributed by atoms with van der Waals surface area (Å²) in [5.41, 5.74) is 5.73. The van der Waals surface area contributed by atoms with Gasteiger partial charge in [-0.25, -0.2) is 4.39 Å². The van der Waals surface area contributed by atoms with Crippen molar-refractivity contribution >= 4 is 17.5 Å². The van der Waals surface area contributed by atoms with Crippen molar-refractivity contribution in [3.05, 3.63) is 34.9 Å². The zero-order valence-electron chi connectivity index (χ0n) is 9.50. The van der Waals surface area contributed by atoms with E-state index >= 15 is 0 Å². The average Bonchev–Trinajstić information content (AvgIpc) is 2.63. The first-order chi connectivity index (χ1) is 7.88. The third kappa shape index (κ3) is 2.42. The number of hydrogen-bond acceptors (Lipinski definition) is 3. The zero-order chi connectivity index (χ0) is 12.6. The predicted octanol–water partition coefficient (Wildman–Crippen LogP) is 3.78. The topological polar surface area (TPSA) is 52.0 Å². The molecular formula is C12H12ClFN2O. The fourth-order valence-corrected chi connectivity index (χ4v) is 1.79. The van der Waals surface area contributed by atoms with Crippen molar-refractivity contribution in [2.75, 3.05) is 5.73 Å². The molecule has 0 aliphatic heterocycles. The van der Waals surface area contributed by atoms with E-state index in [0.29, 0.717) is 21.8 Å². The molecule has 1 heterocycles. The van der Waals surface area contributed by atoms with Gasteiger partial charge in [0.15, 0.2) is 0 Å². The van der Waals surface area contributed by atoms with Gasteiger partial charge in [-0.1, -0.05) is 28.9 Å². The minimum atomic E-state index is -1.43. The van der Waals surface area contributed by atoms with Crippen LogP contribution in [0.3, 0.4) is 0 Å². The molecule has 17 heavy (non-hydrogen) atoms. The Bertz CT molecular complexity index is 546. The number of nitrogens with two attached hydrogens (primary N) is 1. The van der Waals surface area contributed by atoms with Crippen LogP contribution < -0.4 is 5.73 Å². The second kappa shape index (κ2) is 4.04. The minimum absolute atomic E-state index is 0.214.